The first-order valence-electron chi connectivity index (χ1n) is 7.51. The van der Waals surface area contributed by atoms with Crippen molar-refractivity contribution in [2.75, 3.05) is 26.0 Å². The molecule has 0 radical (unpaired) electrons. The van der Waals surface area contributed by atoms with Gasteiger partial charge in [-0.1, -0.05) is 24.3 Å². The van der Waals surface area contributed by atoms with Crippen LogP contribution in [0.4, 0.5) is 10.1 Å². The minimum Gasteiger partial charge on any atom is -0.370 e. The minimum absolute atomic E-state index is 0. The molecule has 2 aromatic carbocycles. The molecule has 0 aromatic heterocycles. The van der Waals surface area contributed by atoms with E-state index in [0.717, 1.165) is 16.8 Å². The van der Waals surface area contributed by atoms with Crippen molar-refractivity contribution in [2.24, 2.45) is 10.7 Å². The van der Waals surface area contributed by atoms with Crippen LogP contribution in [0.25, 0.3) is 0 Å². The van der Waals surface area contributed by atoms with Crippen molar-refractivity contribution in [3.63, 3.8) is 0 Å². The van der Waals surface area contributed by atoms with Gasteiger partial charge in [0.2, 0.25) is 0 Å². The second kappa shape index (κ2) is 9.58. The van der Waals surface area contributed by atoms with Gasteiger partial charge >= 0.3 is 0 Å². The Kier molecular flexibility index (Phi) is 8.14. The Morgan fingerprint density at radius 3 is 2.46 bits per heavy atom. The van der Waals surface area contributed by atoms with Gasteiger partial charge in [-0.15, -0.1) is 24.0 Å². The second-order valence-electron chi connectivity index (χ2n) is 5.75. The summed E-state index contributed by atoms with van der Waals surface area (Å²) in [4.78, 5) is 6.46. The SMILES string of the molecule is Cc1cccc(NC(N)=NCC(c2ccc(F)cc2)N(C)C)c1.I. The van der Waals surface area contributed by atoms with Crippen LogP contribution < -0.4 is 11.1 Å². The topological polar surface area (TPSA) is 53.6 Å². The van der Waals surface area contributed by atoms with E-state index in [4.69, 9.17) is 5.73 Å². The van der Waals surface area contributed by atoms with Crippen LogP contribution in [0, 0.1) is 12.7 Å². The lowest BCUT2D eigenvalue weighted by atomic mass is 10.1. The van der Waals surface area contributed by atoms with Crippen LogP contribution in [0.3, 0.4) is 0 Å². The van der Waals surface area contributed by atoms with E-state index in [1.165, 1.54) is 12.1 Å². The fraction of sp³-hybridized carbons (Fsp3) is 0.278. The molecule has 0 amide bonds. The number of anilines is 1. The van der Waals surface area contributed by atoms with Crippen LogP contribution in [0.2, 0.25) is 0 Å². The largest absolute Gasteiger partial charge is 0.370 e. The number of nitrogens with one attached hydrogen (secondary N) is 1. The first kappa shape index (κ1) is 20.4. The molecule has 0 saturated carbocycles. The van der Waals surface area contributed by atoms with Gasteiger partial charge in [0.1, 0.15) is 5.82 Å². The van der Waals surface area contributed by atoms with Gasteiger partial charge < -0.3 is 16.0 Å². The molecule has 0 heterocycles. The maximum atomic E-state index is 13.1. The molecule has 0 fully saturated rings. The monoisotopic (exact) mass is 442 g/mol. The van der Waals surface area contributed by atoms with E-state index in [1.807, 2.05) is 50.2 Å². The summed E-state index contributed by atoms with van der Waals surface area (Å²) < 4.78 is 13.1. The first-order chi connectivity index (χ1) is 11.0. The number of guanidine groups is 1. The van der Waals surface area contributed by atoms with Crippen LogP contribution in [0.15, 0.2) is 53.5 Å². The number of aryl methyl sites for hydroxylation is 1. The van der Waals surface area contributed by atoms with E-state index in [0.29, 0.717) is 12.5 Å². The van der Waals surface area contributed by atoms with Crippen molar-refractivity contribution in [3.05, 3.63) is 65.5 Å². The van der Waals surface area contributed by atoms with Crippen molar-refractivity contribution in [1.29, 1.82) is 0 Å². The number of likely N-dealkylation sites (N-methyl/N-ethyl adjacent to an activating group) is 1. The molecule has 0 bridgehead atoms. The van der Waals surface area contributed by atoms with E-state index in [2.05, 4.69) is 10.3 Å². The molecular weight excluding hydrogens is 418 g/mol. The highest BCUT2D eigenvalue weighted by atomic mass is 127. The Bertz CT molecular complexity index is 671. The highest BCUT2D eigenvalue weighted by Gasteiger charge is 2.13. The summed E-state index contributed by atoms with van der Waals surface area (Å²) in [5.41, 5.74) is 9.03. The van der Waals surface area contributed by atoms with Crippen molar-refractivity contribution < 1.29 is 4.39 Å². The zero-order valence-corrected chi connectivity index (χ0v) is 16.5. The lowest BCUT2D eigenvalue weighted by Gasteiger charge is -2.23. The number of aliphatic imine (C=N–C) groups is 1. The molecule has 130 valence electrons. The Balaban J connectivity index is 0.00000288. The highest BCUT2D eigenvalue weighted by molar-refractivity contribution is 14.0. The molecular formula is C18H24FIN4. The summed E-state index contributed by atoms with van der Waals surface area (Å²) in [6.45, 7) is 2.51. The third kappa shape index (κ3) is 6.09. The number of hydrogen-bond donors (Lipinski definition) is 2. The molecule has 0 aliphatic carbocycles. The van der Waals surface area contributed by atoms with Gasteiger partial charge in [0.25, 0.3) is 0 Å². The van der Waals surface area contributed by atoms with Crippen LogP contribution in [-0.4, -0.2) is 31.5 Å². The van der Waals surface area contributed by atoms with E-state index in [1.54, 1.807) is 12.1 Å². The molecule has 2 rings (SSSR count). The average molecular weight is 442 g/mol. The number of nitrogens with zero attached hydrogens (tertiary/aromatic N) is 2. The van der Waals surface area contributed by atoms with Gasteiger partial charge in [-0.05, 0) is 56.4 Å². The third-order valence-electron chi connectivity index (χ3n) is 3.60. The fourth-order valence-electron chi connectivity index (χ4n) is 2.35. The summed E-state index contributed by atoms with van der Waals surface area (Å²) in [5.74, 6) is 0.125. The summed E-state index contributed by atoms with van der Waals surface area (Å²) >= 11 is 0. The lowest BCUT2D eigenvalue weighted by molar-refractivity contribution is 0.306. The summed E-state index contributed by atoms with van der Waals surface area (Å²) in [6.07, 6.45) is 0. The number of benzene rings is 2. The van der Waals surface area contributed by atoms with E-state index in [-0.39, 0.29) is 35.8 Å². The Labute approximate surface area is 160 Å². The molecule has 1 atom stereocenters. The summed E-state index contributed by atoms with van der Waals surface area (Å²) in [7, 11) is 3.93. The zero-order valence-electron chi connectivity index (χ0n) is 14.2. The quantitative estimate of drug-likeness (QED) is 0.421. The van der Waals surface area contributed by atoms with Gasteiger partial charge in [-0.2, -0.15) is 0 Å². The zero-order chi connectivity index (χ0) is 16.8. The van der Waals surface area contributed by atoms with Gasteiger partial charge in [0.05, 0.1) is 12.6 Å². The predicted octanol–water partition coefficient (Wildman–Crippen LogP) is 3.78. The Hall–Kier alpha value is -1.67. The first-order valence-corrected chi connectivity index (χ1v) is 7.51. The average Bonchev–Trinajstić information content (AvgIpc) is 2.49. The van der Waals surface area contributed by atoms with Crippen LogP contribution in [0.1, 0.15) is 17.2 Å². The minimum atomic E-state index is -0.240. The predicted molar refractivity (Wildman–Crippen MR) is 110 cm³/mol. The number of rotatable bonds is 5. The maximum absolute atomic E-state index is 13.1. The van der Waals surface area contributed by atoms with E-state index in [9.17, 15) is 4.39 Å². The molecule has 24 heavy (non-hydrogen) atoms. The number of halogens is 2. The smallest absolute Gasteiger partial charge is 0.193 e. The van der Waals surface area contributed by atoms with Crippen molar-refractivity contribution in [2.45, 2.75) is 13.0 Å². The number of nitrogens with two attached hydrogens (primary N) is 1. The van der Waals surface area contributed by atoms with Crippen molar-refractivity contribution in [1.82, 2.24) is 4.90 Å². The standard InChI is InChI=1S/C18H23FN4.HI/c1-13-5-4-6-16(11-13)22-18(20)21-12-17(23(2)3)14-7-9-15(19)10-8-14;/h4-11,17H,12H2,1-3H3,(H3,20,21,22);1H. The fourth-order valence-corrected chi connectivity index (χ4v) is 2.35. The van der Waals surface area contributed by atoms with Gasteiger partial charge in [0, 0.05) is 5.69 Å². The highest BCUT2D eigenvalue weighted by Crippen LogP contribution is 2.19. The van der Waals surface area contributed by atoms with Gasteiger partial charge in [-0.3, -0.25) is 4.99 Å². The molecule has 4 nitrogen and oxygen atoms in total. The van der Waals surface area contributed by atoms with Crippen molar-refractivity contribution in [3.8, 4) is 0 Å². The molecule has 2 aromatic rings. The second-order valence-corrected chi connectivity index (χ2v) is 5.75. The Morgan fingerprint density at radius 2 is 1.88 bits per heavy atom. The van der Waals surface area contributed by atoms with Crippen LogP contribution in [0.5, 0.6) is 0 Å². The van der Waals surface area contributed by atoms with Crippen LogP contribution in [-0.2, 0) is 0 Å². The van der Waals surface area contributed by atoms with Gasteiger partial charge in [-0.25, -0.2) is 4.39 Å². The summed E-state index contributed by atoms with van der Waals surface area (Å²) in [5, 5.41) is 3.09. The normalized spacial score (nSPS) is 12.6. The van der Waals surface area contributed by atoms with Crippen molar-refractivity contribution >= 4 is 35.6 Å². The van der Waals surface area contributed by atoms with E-state index >= 15 is 0 Å². The number of hydrogen-bond acceptors (Lipinski definition) is 2. The summed E-state index contributed by atoms with van der Waals surface area (Å²) in [6, 6.07) is 14.5. The third-order valence-corrected chi connectivity index (χ3v) is 3.60. The van der Waals surface area contributed by atoms with Gasteiger partial charge in [0.15, 0.2) is 5.96 Å². The molecule has 3 N–H and O–H groups in total. The Morgan fingerprint density at radius 1 is 1.21 bits per heavy atom. The van der Waals surface area contributed by atoms with E-state index < -0.39 is 0 Å². The molecule has 0 saturated heterocycles. The van der Waals surface area contributed by atoms with Crippen LogP contribution >= 0.6 is 24.0 Å². The molecule has 0 spiro atoms. The molecule has 6 heteroatoms. The molecule has 1 unspecified atom stereocenters. The lowest BCUT2D eigenvalue weighted by Crippen LogP contribution is -2.27. The maximum Gasteiger partial charge on any atom is 0.193 e. The molecule has 0 aliphatic heterocycles. The molecule has 0 aliphatic rings.